The van der Waals surface area contributed by atoms with Crippen LogP contribution in [0, 0.1) is 0 Å². The van der Waals surface area contributed by atoms with E-state index < -0.39 is 16.0 Å². The van der Waals surface area contributed by atoms with Crippen molar-refractivity contribution in [3.8, 4) is 0 Å². The van der Waals surface area contributed by atoms with Crippen LogP contribution in [0.2, 0.25) is 10.0 Å². The molecule has 2 aliphatic rings. The second-order valence-corrected chi connectivity index (χ2v) is 7.94. The lowest BCUT2D eigenvalue weighted by atomic mass is 10.2. The molecule has 0 bridgehead atoms. The number of carboxylic acids is 1. The maximum Gasteiger partial charge on any atom is 0.337 e. The number of aromatic carboxylic acids is 1. The molecule has 0 atom stereocenters. The summed E-state index contributed by atoms with van der Waals surface area (Å²) < 4.78 is 32.1. The van der Waals surface area contributed by atoms with Crippen LogP contribution in [0.4, 0.5) is 5.69 Å². The van der Waals surface area contributed by atoms with Crippen LogP contribution in [0.25, 0.3) is 0 Å². The zero-order valence-electron chi connectivity index (χ0n) is 11.7. The van der Waals surface area contributed by atoms with Gasteiger partial charge in [-0.15, -0.1) is 0 Å². The van der Waals surface area contributed by atoms with Gasteiger partial charge in [0.15, 0.2) is 0 Å². The van der Waals surface area contributed by atoms with Crippen molar-refractivity contribution >= 4 is 57.0 Å². The minimum atomic E-state index is -4.04. The van der Waals surface area contributed by atoms with E-state index in [4.69, 9.17) is 23.2 Å². The fourth-order valence-electron chi connectivity index (χ4n) is 2.07. The number of carbonyl (C=O) groups is 1. The van der Waals surface area contributed by atoms with E-state index in [2.05, 4.69) is 9.44 Å². The molecule has 0 unspecified atom stereocenters. The lowest BCUT2D eigenvalue weighted by Gasteiger charge is -2.21. The van der Waals surface area contributed by atoms with E-state index in [9.17, 15) is 18.3 Å². The zero-order valence-corrected chi connectivity index (χ0v) is 14.8. The van der Waals surface area contributed by atoms with Crippen molar-refractivity contribution in [2.75, 3.05) is 4.72 Å². The molecule has 0 saturated heterocycles. The monoisotopic (exact) mass is 405 g/mol. The Kier molecular flexibility index (Phi) is 4.43. The number of rotatable bonds is 4. The first kappa shape index (κ1) is 17.0. The van der Waals surface area contributed by atoms with Gasteiger partial charge in [-0.2, -0.15) is 0 Å². The molecular weight excluding hydrogens is 397 g/mol. The SMILES string of the molecule is O=C(O)c1cc(Cl)c(Cl)cc1NS(=O)(=O)C1=CC=CN2SNC=C12. The van der Waals surface area contributed by atoms with E-state index in [1.54, 1.807) is 16.6 Å². The third-order valence-corrected chi connectivity index (χ3v) is 6.00. The highest BCUT2D eigenvalue weighted by Crippen LogP contribution is 2.35. The normalized spacial score (nSPS) is 16.2. The van der Waals surface area contributed by atoms with Gasteiger partial charge in [0.2, 0.25) is 0 Å². The highest BCUT2D eigenvalue weighted by molar-refractivity contribution is 7.97. The number of nitrogens with zero attached hydrogens (tertiary/aromatic N) is 1. The summed E-state index contributed by atoms with van der Waals surface area (Å²) in [6.07, 6.45) is 6.21. The van der Waals surface area contributed by atoms with Gasteiger partial charge in [-0.1, -0.05) is 23.2 Å². The van der Waals surface area contributed by atoms with Gasteiger partial charge in [-0.05, 0) is 24.3 Å². The van der Waals surface area contributed by atoms with Crippen LogP contribution in [0.15, 0.2) is 47.3 Å². The molecule has 0 aromatic heterocycles. The third-order valence-electron chi connectivity index (χ3n) is 3.13. The highest BCUT2D eigenvalue weighted by Gasteiger charge is 2.30. The Bertz CT molecular complexity index is 925. The molecule has 1 aromatic carbocycles. The smallest absolute Gasteiger partial charge is 0.337 e. The minimum absolute atomic E-state index is 0.00934. The average Bonchev–Trinajstić information content (AvgIpc) is 2.98. The van der Waals surface area contributed by atoms with Crippen LogP contribution < -0.4 is 9.44 Å². The first-order chi connectivity index (χ1) is 11.3. The number of allylic oxidation sites excluding steroid dienone is 2. The van der Waals surface area contributed by atoms with Gasteiger partial charge in [0.05, 0.1) is 39.1 Å². The quantitative estimate of drug-likeness (QED) is 0.661. The van der Waals surface area contributed by atoms with Gasteiger partial charge in [-0.3, -0.25) is 9.03 Å². The van der Waals surface area contributed by atoms with E-state index >= 15 is 0 Å². The van der Waals surface area contributed by atoms with E-state index in [1.165, 1.54) is 24.4 Å². The van der Waals surface area contributed by atoms with E-state index in [0.717, 1.165) is 12.1 Å². The molecule has 7 nitrogen and oxygen atoms in total. The summed E-state index contributed by atoms with van der Waals surface area (Å²) in [7, 11) is -4.04. The highest BCUT2D eigenvalue weighted by atomic mass is 35.5. The maximum absolute atomic E-state index is 12.7. The summed E-state index contributed by atoms with van der Waals surface area (Å²) in [6, 6.07) is 2.26. The Morgan fingerprint density at radius 2 is 2.00 bits per heavy atom. The van der Waals surface area contributed by atoms with Crippen molar-refractivity contribution in [1.82, 2.24) is 9.03 Å². The standard InChI is InChI=1S/C13H9Cl2N3O4S2/c14-8-4-7(13(19)20)10(5-9(8)15)17-24(21,22)12-2-1-3-18-11(12)6-16-23-18/h1-6,16-17H,(H,19,20). The maximum atomic E-state index is 12.7. The fourth-order valence-corrected chi connectivity index (χ4v) is 4.37. The Morgan fingerprint density at radius 1 is 1.29 bits per heavy atom. The van der Waals surface area contributed by atoms with Gasteiger partial charge >= 0.3 is 5.97 Å². The van der Waals surface area contributed by atoms with Crippen molar-refractivity contribution in [3.05, 3.63) is 62.9 Å². The number of hydrogen-bond donors (Lipinski definition) is 3. The van der Waals surface area contributed by atoms with Crippen molar-refractivity contribution in [2.45, 2.75) is 0 Å². The second kappa shape index (κ2) is 6.25. The average molecular weight is 406 g/mol. The van der Waals surface area contributed by atoms with E-state index in [-0.39, 0.29) is 26.2 Å². The Morgan fingerprint density at radius 3 is 2.71 bits per heavy atom. The van der Waals surface area contributed by atoms with Crippen LogP contribution in [0.3, 0.4) is 0 Å². The molecule has 24 heavy (non-hydrogen) atoms. The Hall–Kier alpha value is -1.81. The molecule has 0 fully saturated rings. The number of sulfonamides is 1. The first-order valence-electron chi connectivity index (χ1n) is 6.35. The molecule has 2 aliphatic heterocycles. The fraction of sp³-hybridized carbons (Fsp3) is 0. The summed E-state index contributed by atoms with van der Waals surface area (Å²) >= 11 is 12.9. The Balaban J connectivity index is 2.02. The van der Waals surface area contributed by atoms with Crippen molar-refractivity contribution in [3.63, 3.8) is 0 Å². The van der Waals surface area contributed by atoms with Gasteiger partial charge in [0, 0.05) is 12.4 Å². The Labute approximate surface area is 151 Å². The molecule has 11 heteroatoms. The van der Waals surface area contributed by atoms with Crippen molar-refractivity contribution in [2.24, 2.45) is 0 Å². The predicted molar refractivity (Wildman–Crippen MR) is 93.8 cm³/mol. The molecule has 3 rings (SSSR count). The van der Waals surface area contributed by atoms with Gasteiger partial charge < -0.3 is 9.83 Å². The number of halogens is 2. The number of anilines is 1. The molecular formula is C13H9Cl2N3O4S2. The summed E-state index contributed by atoms with van der Waals surface area (Å²) in [5.74, 6) is -1.33. The topological polar surface area (TPSA) is 98.7 Å². The van der Waals surface area contributed by atoms with Crippen LogP contribution in [0.1, 0.15) is 10.4 Å². The molecule has 0 amide bonds. The molecule has 0 spiro atoms. The molecule has 3 N–H and O–H groups in total. The van der Waals surface area contributed by atoms with Crippen LogP contribution in [-0.4, -0.2) is 23.8 Å². The van der Waals surface area contributed by atoms with Crippen LogP contribution in [-0.2, 0) is 10.0 Å². The number of hydrogen-bond acceptors (Lipinski definition) is 6. The molecule has 2 heterocycles. The number of nitrogens with one attached hydrogen (secondary N) is 2. The largest absolute Gasteiger partial charge is 0.478 e. The van der Waals surface area contributed by atoms with Gasteiger partial charge in [-0.25, -0.2) is 13.2 Å². The number of benzene rings is 1. The predicted octanol–water partition coefficient (Wildman–Crippen LogP) is 3.15. The molecule has 1 aromatic rings. The summed E-state index contributed by atoms with van der Waals surface area (Å²) in [5, 5.41) is 9.30. The summed E-state index contributed by atoms with van der Waals surface area (Å²) in [6.45, 7) is 0. The first-order valence-corrected chi connectivity index (χ1v) is 9.37. The molecule has 0 saturated carbocycles. The minimum Gasteiger partial charge on any atom is -0.478 e. The zero-order chi connectivity index (χ0) is 17.5. The number of carboxylic acid groups (broad SMARTS) is 1. The van der Waals surface area contributed by atoms with Crippen LogP contribution >= 0.6 is 35.3 Å². The lowest BCUT2D eigenvalue weighted by Crippen LogP contribution is -2.22. The van der Waals surface area contributed by atoms with Crippen molar-refractivity contribution < 1.29 is 18.3 Å². The van der Waals surface area contributed by atoms with E-state index in [0.29, 0.717) is 5.70 Å². The van der Waals surface area contributed by atoms with E-state index in [1.807, 2.05) is 0 Å². The number of fused-ring (bicyclic) bond motifs is 1. The van der Waals surface area contributed by atoms with Crippen molar-refractivity contribution in [1.29, 1.82) is 0 Å². The van der Waals surface area contributed by atoms with Gasteiger partial charge in [0.1, 0.15) is 4.91 Å². The van der Waals surface area contributed by atoms with Crippen LogP contribution in [0.5, 0.6) is 0 Å². The summed E-state index contributed by atoms with van der Waals surface area (Å²) in [5.41, 5.74) is -0.0465. The molecule has 0 radical (unpaired) electrons. The second-order valence-electron chi connectivity index (χ2n) is 4.66. The lowest BCUT2D eigenvalue weighted by molar-refractivity contribution is 0.0698. The van der Waals surface area contributed by atoms with Gasteiger partial charge in [0.25, 0.3) is 10.0 Å². The molecule has 126 valence electrons. The third kappa shape index (κ3) is 3.07. The summed E-state index contributed by atoms with van der Waals surface area (Å²) in [4.78, 5) is 11.3. The molecule has 0 aliphatic carbocycles.